The fourth-order valence-corrected chi connectivity index (χ4v) is 2.10. The molecule has 1 N–H and O–H groups in total. The zero-order valence-corrected chi connectivity index (χ0v) is 13.1. The van der Waals surface area contributed by atoms with Crippen molar-refractivity contribution in [3.8, 4) is 0 Å². The smallest absolute Gasteiger partial charge is 0.0744 e. The molecular formula is C14H22BrNO2. The monoisotopic (exact) mass is 315 g/mol. The molecular weight excluding hydrogens is 294 g/mol. The molecule has 0 radical (unpaired) electrons. The summed E-state index contributed by atoms with van der Waals surface area (Å²) >= 11 is 3.55. The molecule has 0 fully saturated rings. The summed E-state index contributed by atoms with van der Waals surface area (Å²) in [5.74, 6) is 0. The Balaban J connectivity index is 2.64. The van der Waals surface area contributed by atoms with Crippen LogP contribution in [0.15, 0.2) is 22.7 Å². The zero-order chi connectivity index (χ0) is 13.6. The van der Waals surface area contributed by atoms with Crippen LogP contribution in [-0.4, -0.2) is 26.4 Å². The van der Waals surface area contributed by atoms with E-state index in [1.54, 1.807) is 14.2 Å². The molecule has 0 aliphatic heterocycles. The van der Waals surface area contributed by atoms with E-state index < -0.39 is 0 Å². The number of nitrogens with one attached hydrogen (secondary N) is 1. The molecule has 0 heterocycles. The average Bonchev–Trinajstić information content (AvgIpc) is 2.33. The largest absolute Gasteiger partial charge is 0.385 e. The van der Waals surface area contributed by atoms with Crippen LogP contribution in [0.4, 0.5) is 5.69 Å². The van der Waals surface area contributed by atoms with Crippen LogP contribution < -0.4 is 5.32 Å². The lowest BCUT2D eigenvalue weighted by Gasteiger charge is -2.23. The normalized spacial score (nSPS) is 11.6. The first-order chi connectivity index (χ1) is 8.50. The van der Waals surface area contributed by atoms with Crippen molar-refractivity contribution in [2.75, 3.05) is 26.1 Å². The molecule has 18 heavy (non-hydrogen) atoms. The van der Waals surface area contributed by atoms with Crippen LogP contribution in [-0.2, 0) is 16.1 Å². The fourth-order valence-electron chi connectivity index (χ4n) is 1.62. The third kappa shape index (κ3) is 4.59. The minimum Gasteiger partial charge on any atom is -0.385 e. The molecule has 0 aromatic heterocycles. The standard InChI is InChI=1S/C14H22BrNO2/c1-14(2,18-4)8-9-16-13-7-5-6-12(15)11(13)10-17-3/h5-7,16H,8-10H2,1-4H3. The molecule has 0 saturated heterocycles. The second kappa shape index (κ2) is 7.12. The summed E-state index contributed by atoms with van der Waals surface area (Å²) in [4.78, 5) is 0. The van der Waals surface area contributed by atoms with Crippen LogP contribution in [0.1, 0.15) is 25.8 Å². The van der Waals surface area contributed by atoms with Crippen molar-refractivity contribution in [3.05, 3.63) is 28.2 Å². The first kappa shape index (κ1) is 15.5. The van der Waals surface area contributed by atoms with Crippen LogP contribution in [0.2, 0.25) is 0 Å². The van der Waals surface area contributed by atoms with Crippen LogP contribution in [0.3, 0.4) is 0 Å². The Morgan fingerprint density at radius 2 is 2.00 bits per heavy atom. The first-order valence-electron chi connectivity index (χ1n) is 6.05. The predicted molar refractivity (Wildman–Crippen MR) is 79.0 cm³/mol. The minimum absolute atomic E-state index is 0.0968. The van der Waals surface area contributed by atoms with Gasteiger partial charge in [0.25, 0.3) is 0 Å². The van der Waals surface area contributed by atoms with Gasteiger partial charge in [0.1, 0.15) is 0 Å². The van der Waals surface area contributed by atoms with E-state index in [4.69, 9.17) is 9.47 Å². The number of hydrogen-bond donors (Lipinski definition) is 1. The molecule has 0 aliphatic rings. The van der Waals surface area contributed by atoms with E-state index in [2.05, 4.69) is 41.2 Å². The lowest BCUT2D eigenvalue weighted by atomic mass is 10.1. The quantitative estimate of drug-likeness (QED) is 0.829. The lowest BCUT2D eigenvalue weighted by Crippen LogP contribution is -2.26. The summed E-state index contributed by atoms with van der Waals surface area (Å²) in [6.07, 6.45) is 0.947. The van der Waals surface area contributed by atoms with Crippen molar-refractivity contribution in [2.24, 2.45) is 0 Å². The molecule has 0 bridgehead atoms. The molecule has 4 heteroatoms. The zero-order valence-electron chi connectivity index (χ0n) is 11.5. The van der Waals surface area contributed by atoms with Crippen molar-refractivity contribution >= 4 is 21.6 Å². The Kier molecular flexibility index (Phi) is 6.12. The highest BCUT2D eigenvalue weighted by Crippen LogP contribution is 2.26. The predicted octanol–water partition coefficient (Wildman–Crippen LogP) is 3.82. The van der Waals surface area contributed by atoms with E-state index in [-0.39, 0.29) is 5.60 Å². The highest BCUT2D eigenvalue weighted by atomic mass is 79.9. The number of ether oxygens (including phenoxy) is 2. The van der Waals surface area contributed by atoms with Gasteiger partial charge in [0.2, 0.25) is 0 Å². The van der Waals surface area contributed by atoms with Gasteiger partial charge >= 0.3 is 0 Å². The van der Waals surface area contributed by atoms with E-state index in [1.807, 2.05) is 12.1 Å². The van der Waals surface area contributed by atoms with E-state index in [9.17, 15) is 0 Å². The Bertz CT molecular complexity index is 380. The van der Waals surface area contributed by atoms with Crippen LogP contribution in [0.25, 0.3) is 0 Å². The summed E-state index contributed by atoms with van der Waals surface area (Å²) in [7, 11) is 3.45. The molecule has 1 aromatic carbocycles. The van der Waals surface area contributed by atoms with Crippen LogP contribution in [0, 0.1) is 0 Å². The molecule has 3 nitrogen and oxygen atoms in total. The number of anilines is 1. The van der Waals surface area contributed by atoms with Crippen molar-refractivity contribution in [1.29, 1.82) is 0 Å². The molecule has 0 saturated carbocycles. The van der Waals surface area contributed by atoms with Crippen molar-refractivity contribution in [1.82, 2.24) is 0 Å². The third-order valence-electron chi connectivity index (χ3n) is 3.00. The number of rotatable bonds is 7. The fraction of sp³-hybridized carbons (Fsp3) is 0.571. The van der Waals surface area contributed by atoms with Gasteiger partial charge in [-0.3, -0.25) is 0 Å². The maximum absolute atomic E-state index is 5.40. The van der Waals surface area contributed by atoms with E-state index in [0.29, 0.717) is 6.61 Å². The number of methoxy groups -OCH3 is 2. The van der Waals surface area contributed by atoms with Gasteiger partial charge in [-0.1, -0.05) is 22.0 Å². The van der Waals surface area contributed by atoms with Crippen molar-refractivity contribution in [3.63, 3.8) is 0 Å². The molecule has 1 aromatic rings. The topological polar surface area (TPSA) is 30.5 Å². The maximum atomic E-state index is 5.40. The van der Waals surface area contributed by atoms with Gasteiger partial charge in [0.15, 0.2) is 0 Å². The summed E-state index contributed by atoms with van der Waals surface area (Å²) in [6.45, 7) is 5.64. The highest BCUT2D eigenvalue weighted by molar-refractivity contribution is 9.10. The molecule has 0 amide bonds. The van der Waals surface area contributed by atoms with E-state index in [1.165, 1.54) is 0 Å². The highest BCUT2D eigenvalue weighted by Gasteiger charge is 2.15. The van der Waals surface area contributed by atoms with Crippen molar-refractivity contribution in [2.45, 2.75) is 32.5 Å². The Morgan fingerprint density at radius 3 is 2.61 bits per heavy atom. The van der Waals surface area contributed by atoms with E-state index in [0.717, 1.165) is 28.7 Å². The summed E-state index contributed by atoms with van der Waals surface area (Å²) in [5, 5.41) is 3.44. The molecule has 1 rings (SSSR count). The Morgan fingerprint density at radius 1 is 1.28 bits per heavy atom. The van der Waals surface area contributed by atoms with Crippen LogP contribution >= 0.6 is 15.9 Å². The second-order valence-electron chi connectivity index (χ2n) is 4.84. The second-order valence-corrected chi connectivity index (χ2v) is 5.69. The maximum Gasteiger partial charge on any atom is 0.0744 e. The summed E-state index contributed by atoms with van der Waals surface area (Å²) in [6, 6.07) is 6.12. The summed E-state index contributed by atoms with van der Waals surface area (Å²) in [5.41, 5.74) is 2.16. The van der Waals surface area contributed by atoms with Gasteiger partial charge in [0, 0.05) is 36.5 Å². The van der Waals surface area contributed by atoms with Crippen LogP contribution in [0.5, 0.6) is 0 Å². The van der Waals surface area contributed by atoms with Gasteiger partial charge < -0.3 is 14.8 Å². The Labute approximate surface area is 118 Å². The number of hydrogen-bond acceptors (Lipinski definition) is 3. The Hall–Kier alpha value is -0.580. The lowest BCUT2D eigenvalue weighted by molar-refractivity contribution is 0.0185. The van der Waals surface area contributed by atoms with E-state index >= 15 is 0 Å². The average molecular weight is 316 g/mol. The van der Waals surface area contributed by atoms with Gasteiger partial charge in [0.05, 0.1) is 12.2 Å². The van der Waals surface area contributed by atoms with Crippen molar-refractivity contribution < 1.29 is 9.47 Å². The third-order valence-corrected chi connectivity index (χ3v) is 3.75. The van der Waals surface area contributed by atoms with Gasteiger partial charge in [-0.25, -0.2) is 0 Å². The molecule has 0 unspecified atom stereocenters. The van der Waals surface area contributed by atoms with Gasteiger partial charge in [-0.05, 0) is 32.4 Å². The van der Waals surface area contributed by atoms with Gasteiger partial charge in [-0.2, -0.15) is 0 Å². The molecule has 0 spiro atoms. The molecule has 0 aliphatic carbocycles. The SMILES string of the molecule is COCc1c(Br)cccc1NCCC(C)(C)OC. The summed E-state index contributed by atoms with van der Waals surface area (Å²) < 4.78 is 11.7. The number of benzene rings is 1. The number of halogens is 1. The first-order valence-corrected chi connectivity index (χ1v) is 6.85. The van der Waals surface area contributed by atoms with Gasteiger partial charge in [-0.15, -0.1) is 0 Å². The minimum atomic E-state index is -0.0968. The molecule has 102 valence electrons. The molecule has 0 atom stereocenters.